The lowest BCUT2D eigenvalue weighted by Gasteiger charge is -2.28. The van der Waals surface area contributed by atoms with E-state index in [-0.39, 0.29) is 0 Å². The summed E-state index contributed by atoms with van der Waals surface area (Å²) in [6, 6.07) is 61.5. The molecule has 0 amide bonds. The fourth-order valence-corrected chi connectivity index (χ4v) is 7.91. The molecule has 0 saturated carbocycles. The van der Waals surface area contributed by atoms with Crippen molar-refractivity contribution in [1.82, 2.24) is 4.57 Å². The number of aryl methyl sites for hydroxylation is 1. The van der Waals surface area contributed by atoms with E-state index in [1.807, 2.05) is 24.3 Å². The van der Waals surface area contributed by atoms with Crippen LogP contribution < -0.4 is 0 Å². The molecule has 0 radical (unpaired) electrons. The molecule has 0 N–H and O–H groups in total. The van der Waals surface area contributed by atoms with Crippen LogP contribution in [0.2, 0.25) is 0 Å². The molecule has 0 fully saturated rings. The summed E-state index contributed by atoms with van der Waals surface area (Å²) >= 11 is 0. The Morgan fingerprint density at radius 2 is 1.27 bits per heavy atom. The topological polar surface area (TPSA) is 28.7 Å². The van der Waals surface area contributed by atoms with Crippen LogP contribution in [0.5, 0.6) is 0 Å². The fourth-order valence-electron chi connectivity index (χ4n) is 7.91. The molecule has 1 aliphatic rings. The number of para-hydroxylation sites is 2. The Morgan fingerprint density at radius 1 is 0.551 bits per heavy atom. The molecular weight excluding hydrogens is 593 g/mol. The number of benzene rings is 7. The Balaban J connectivity index is 1.06. The van der Waals surface area contributed by atoms with Gasteiger partial charge in [0.05, 0.1) is 22.7 Å². The summed E-state index contributed by atoms with van der Waals surface area (Å²) in [5.74, 6) is 0.448. The molecule has 1 unspecified atom stereocenters. The first-order valence-corrected chi connectivity index (χ1v) is 17.1. The Labute approximate surface area is 287 Å². The zero-order valence-corrected chi connectivity index (χ0v) is 27.2. The van der Waals surface area contributed by atoms with Crippen molar-refractivity contribution in [2.24, 2.45) is 0 Å². The lowest BCUT2D eigenvalue weighted by atomic mass is 9.75. The van der Waals surface area contributed by atoms with Gasteiger partial charge in [-0.3, -0.25) is 0 Å². The highest BCUT2D eigenvalue weighted by atomic mass is 15.0. The second kappa shape index (κ2) is 12.1. The molecule has 9 rings (SSSR count). The van der Waals surface area contributed by atoms with Crippen LogP contribution in [0.15, 0.2) is 164 Å². The number of aromatic nitrogens is 1. The predicted octanol–water partition coefficient (Wildman–Crippen LogP) is 11.9. The van der Waals surface area contributed by atoms with E-state index < -0.39 is 0 Å². The van der Waals surface area contributed by atoms with Crippen LogP contribution in [0.4, 0.5) is 0 Å². The molecule has 0 spiro atoms. The standard InChI is InChI=1S/C47H34N2/c48-31-33-18-20-34(21-19-33)35-11-8-9-32(27-35)17-22-39-28-38-10-4-5-14-41(38)44-29-36(23-25-42(39)44)37-24-26-47-45(30-37)43-15-6-7-16-46(43)49(47)40-12-2-1-3-13-40/h1-16,18-21,23-27,29-30,39H,17,22,28H2. The van der Waals surface area contributed by atoms with Crippen LogP contribution in [-0.4, -0.2) is 4.57 Å². The maximum atomic E-state index is 9.20. The highest BCUT2D eigenvalue weighted by molar-refractivity contribution is 6.10. The lowest BCUT2D eigenvalue weighted by Crippen LogP contribution is -2.12. The van der Waals surface area contributed by atoms with Gasteiger partial charge in [-0.2, -0.15) is 5.26 Å². The maximum absolute atomic E-state index is 9.20. The molecule has 0 saturated heterocycles. The Morgan fingerprint density at radius 3 is 2.14 bits per heavy atom. The molecular formula is C47H34N2. The Bertz CT molecular complexity index is 2530. The van der Waals surface area contributed by atoms with Gasteiger partial charge in [-0.25, -0.2) is 0 Å². The summed E-state index contributed by atoms with van der Waals surface area (Å²) in [7, 11) is 0. The van der Waals surface area contributed by atoms with E-state index in [4.69, 9.17) is 0 Å². The summed E-state index contributed by atoms with van der Waals surface area (Å²) in [5.41, 5.74) is 16.1. The van der Waals surface area contributed by atoms with Crippen LogP contribution in [0.3, 0.4) is 0 Å². The van der Waals surface area contributed by atoms with E-state index in [0.717, 1.165) is 24.8 Å². The minimum Gasteiger partial charge on any atom is -0.309 e. The van der Waals surface area contributed by atoms with Crippen molar-refractivity contribution in [3.05, 3.63) is 186 Å². The van der Waals surface area contributed by atoms with Gasteiger partial charge in [-0.05, 0) is 124 Å². The first-order valence-electron chi connectivity index (χ1n) is 17.1. The van der Waals surface area contributed by atoms with E-state index in [2.05, 4.69) is 150 Å². The summed E-state index contributed by atoms with van der Waals surface area (Å²) in [6.45, 7) is 0. The molecule has 232 valence electrons. The molecule has 7 aromatic carbocycles. The van der Waals surface area contributed by atoms with Crippen LogP contribution in [-0.2, 0) is 12.8 Å². The van der Waals surface area contributed by atoms with Crippen molar-refractivity contribution < 1.29 is 0 Å². The summed E-state index contributed by atoms with van der Waals surface area (Å²) in [5, 5.41) is 11.7. The van der Waals surface area contributed by atoms with E-state index in [1.54, 1.807) is 0 Å². The van der Waals surface area contributed by atoms with Crippen molar-refractivity contribution in [3.8, 4) is 45.1 Å². The smallest absolute Gasteiger partial charge is 0.0991 e. The van der Waals surface area contributed by atoms with Gasteiger partial charge in [0.2, 0.25) is 0 Å². The predicted molar refractivity (Wildman–Crippen MR) is 203 cm³/mol. The van der Waals surface area contributed by atoms with Gasteiger partial charge in [-0.15, -0.1) is 0 Å². The quantitative estimate of drug-likeness (QED) is 0.180. The normalized spacial score (nSPS) is 13.6. The molecule has 1 aromatic heterocycles. The Hall–Kier alpha value is -6.17. The highest BCUT2D eigenvalue weighted by Crippen LogP contribution is 2.44. The average Bonchev–Trinajstić information content (AvgIpc) is 3.51. The SMILES string of the molecule is N#Cc1ccc(-c2cccc(CCC3Cc4ccccc4-c4cc(-c5ccc6c(c5)c5ccccc5n6-c5ccccc5)ccc43)c2)cc1. The maximum Gasteiger partial charge on any atom is 0.0991 e. The zero-order valence-electron chi connectivity index (χ0n) is 27.2. The van der Waals surface area contributed by atoms with Gasteiger partial charge in [0.1, 0.15) is 0 Å². The van der Waals surface area contributed by atoms with Gasteiger partial charge in [0.25, 0.3) is 0 Å². The van der Waals surface area contributed by atoms with E-state index >= 15 is 0 Å². The van der Waals surface area contributed by atoms with Gasteiger partial charge in [-0.1, -0.05) is 115 Å². The van der Waals surface area contributed by atoms with Crippen LogP contribution in [0.1, 0.15) is 34.6 Å². The third-order valence-electron chi connectivity index (χ3n) is 10.3. The highest BCUT2D eigenvalue weighted by Gasteiger charge is 2.25. The molecule has 1 heterocycles. The summed E-state index contributed by atoms with van der Waals surface area (Å²) in [4.78, 5) is 0. The third-order valence-corrected chi connectivity index (χ3v) is 10.3. The molecule has 1 atom stereocenters. The Kier molecular flexibility index (Phi) is 7.18. The largest absolute Gasteiger partial charge is 0.309 e. The van der Waals surface area contributed by atoms with E-state index in [9.17, 15) is 5.26 Å². The second-order valence-electron chi connectivity index (χ2n) is 13.2. The van der Waals surface area contributed by atoms with Gasteiger partial charge in [0, 0.05) is 16.5 Å². The minimum absolute atomic E-state index is 0.448. The van der Waals surface area contributed by atoms with Crippen molar-refractivity contribution in [2.75, 3.05) is 0 Å². The molecule has 8 aromatic rings. The molecule has 49 heavy (non-hydrogen) atoms. The number of fused-ring (bicyclic) bond motifs is 6. The molecule has 0 bridgehead atoms. The van der Waals surface area contributed by atoms with Crippen molar-refractivity contribution >= 4 is 21.8 Å². The van der Waals surface area contributed by atoms with Crippen molar-refractivity contribution in [2.45, 2.75) is 25.2 Å². The zero-order chi connectivity index (χ0) is 32.7. The molecule has 0 aliphatic heterocycles. The van der Waals surface area contributed by atoms with Crippen LogP contribution >= 0.6 is 0 Å². The van der Waals surface area contributed by atoms with E-state index in [0.29, 0.717) is 11.5 Å². The van der Waals surface area contributed by atoms with Gasteiger partial charge >= 0.3 is 0 Å². The van der Waals surface area contributed by atoms with E-state index in [1.165, 1.54) is 72.0 Å². The summed E-state index contributed by atoms with van der Waals surface area (Å²) in [6.07, 6.45) is 3.16. The number of rotatable bonds is 6. The van der Waals surface area contributed by atoms with Crippen LogP contribution in [0, 0.1) is 11.3 Å². The monoisotopic (exact) mass is 626 g/mol. The second-order valence-corrected chi connectivity index (χ2v) is 13.2. The molecule has 2 nitrogen and oxygen atoms in total. The van der Waals surface area contributed by atoms with Crippen LogP contribution in [0.25, 0.3) is 60.9 Å². The van der Waals surface area contributed by atoms with Gasteiger partial charge in [0.15, 0.2) is 0 Å². The number of hydrogen-bond acceptors (Lipinski definition) is 1. The number of nitriles is 1. The molecule has 2 heteroatoms. The lowest BCUT2D eigenvalue weighted by molar-refractivity contribution is 0.616. The van der Waals surface area contributed by atoms with Crippen molar-refractivity contribution in [1.29, 1.82) is 5.26 Å². The molecule has 1 aliphatic carbocycles. The number of nitrogens with zero attached hydrogens (tertiary/aromatic N) is 2. The van der Waals surface area contributed by atoms with Crippen molar-refractivity contribution in [3.63, 3.8) is 0 Å². The minimum atomic E-state index is 0.448. The fraction of sp³-hybridized carbons (Fsp3) is 0.0851. The number of hydrogen-bond donors (Lipinski definition) is 0. The summed E-state index contributed by atoms with van der Waals surface area (Å²) < 4.78 is 2.38. The average molecular weight is 627 g/mol. The first kappa shape index (κ1) is 29.0. The first-order chi connectivity index (χ1) is 24.2. The third kappa shape index (κ3) is 5.21. The van der Waals surface area contributed by atoms with Gasteiger partial charge < -0.3 is 4.57 Å².